The zero-order valence-electron chi connectivity index (χ0n) is 7.45. The number of carboxylic acids is 2. The SMILES string of the molecule is N[C@]1(C(=O)O)C[C@@H]2[C@@H](C(=O)O)[C@@H]2S1(=O)=O. The second-order valence-corrected chi connectivity index (χ2v) is 6.30. The molecule has 0 spiro atoms. The summed E-state index contributed by atoms with van der Waals surface area (Å²) < 4.78 is 23.3. The van der Waals surface area contributed by atoms with Crippen molar-refractivity contribution in [2.24, 2.45) is 17.6 Å². The molecule has 1 aliphatic heterocycles. The van der Waals surface area contributed by atoms with Gasteiger partial charge in [0.25, 0.3) is 0 Å². The van der Waals surface area contributed by atoms with E-state index in [9.17, 15) is 18.0 Å². The Balaban J connectivity index is 2.38. The van der Waals surface area contributed by atoms with E-state index in [2.05, 4.69) is 0 Å². The summed E-state index contributed by atoms with van der Waals surface area (Å²) in [5.74, 6) is -4.44. The van der Waals surface area contributed by atoms with E-state index in [1.807, 2.05) is 0 Å². The van der Waals surface area contributed by atoms with E-state index in [1.165, 1.54) is 0 Å². The van der Waals surface area contributed by atoms with Gasteiger partial charge < -0.3 is 15.9 Å². The number of fused-ring (bicyclic) bond motifs is 1. The quantitative estimate of drug-likeness (QED) is 0.516. The summed E-state index contributed by atoms with van der Waals surface area (Å²) in [4.78, 5) is 19.0. The highest BCUT2D eigenvalue weighted by Crippen LogP contribution is 2.58. The summed E-state index contributed by atoms with van der Waals surface area (Å²) in [6.07, 6.45) is -0.313. The third-order valence-electron chi connectivity index (χ3n) is 3.15. The number of hydrogen-bond acceptors (Lipinski definition) is 5. The minimum atomic E-state index is -4.09. The minimum Gasteiger partial charge on any atom is -0.481 e. The Bertz CT molecular complexity index is 456. The average molecular weight is 235 g/mol. The number of aliphatic carboxylic acids is 2. The van der Waals surface area contributed by atoms with Gasteiger partial charge in [-0.05, 0) is 12.3 Å². The fourth-order valence-electron chi connectivity index (χ4n) is 2.25. The molecule has 0 radical (unpaired) electrons. The molecular weight excluding hydrogens is 226 g/mol. The van der Waals surface area contributed by atoms with Gasteiger partial charge in [0, 0.05) is 0 Å². The Morgan fingerprint density at radius 3 is 2.13 bits per heavy atom. The van der Waals surface area contributed by atoms with Gasteiger partial charge in [-0.25, -0.2) is 13.2 Å². The molecule has 1 saturated heterocycles. The van der Waals surface area contributed by atoms with E-state index >= 15 is 0 Å². The van der Waals surface area contributed by atoms with Crippen LogP contribution in [-0.4, -0.2) is 40.7 Å². The van der Waals surface area contributed by atoms with Gasteiger partial charge in [-0.2, -0.15) is 0 Å². The maximum atomic E-state index is 11.6. The molecule has 8 heteroatoms. The van der Waals surface area contributed by atoms with Gasteiger partial charge in [-0.15, -0.1) is 0 Å². The molecule has 2 fully saturated rings. The van der Waals surface area contributed by atoms with E-state index in [0.717, 1.165) is 0 Å². The van der Waals surface area contributed by atoms with E-state index in [0.29, 0.717) is 0 Å². The zero-order valence-corrected chi connectivity index (χ0v) is 8.27. The van der Waals surface area contributed by atoms with Crippen LogP contribution in [0.15, 0.2) is 0 Å². The van der Waals surface area contributed by atoms with E-state index in [4.69, 9.17) is 15.9 Å². The van der Waals surface area contributed by atoms with Gasteiger partial charge >= 0.3 is 11.9 Å². The third-order valence-corrected chi connectivity index (χ3v) is 5.86. The molecule has 1 aliphatic carbocycles. The van der Waals surface area contributed by atoms with Crippen molar-refractivity contribution in [3.63, 3.8) is 0 Å². The first kappa shape index (κ1) is 10.4. The lowest BCUT2D eigenvalue weighted by Gasteiger charge is -2.20. The summed E-state index contributed by atoms with van der Waals surface area (Å²) in [5.41, 5.74) is 5.28. The van der Waals surface area contributed by atoms with Gasteiger partial charge in [-0.3, -0.25) is 4.79 Å². The number of sulfone groups is 1. The fourth-order valence-corrected chi connectivity index (χ4v) is 4.74. The molecule has 0 bridgehead atoms. The molecule has 7 nitrogen and oxygen atoms in total. The summed E-state index contributed by atoms with van der Waals surface area (Å²) in [6.45, 7) is 0. The van der Waals surface area contributed by atoms with E-state index < -0.39 is 43.7 Å². The van der Waals surface area contributed by atoms with Crippen molar-refractivity contribution in [1.29, 1.82) is 0 Å². The molecule has 15 heavy (non-hydrogen) atoms. The van der Waals surface area contributed by atoms with Gasteiger partial charge in [0.15, 0.2) is 9.84 Å². The van der Waals surface area contributed by atoms with Gasteiger partial charge in [0.2, 0.25) is 4.87 Å². The molecule has 1 saturated carbocycles. The Hall–Kier alpha value is -1.15. The second-order valence-electron chi connectivity index (χ2n) is 3.94. The number of carbonyl (C=O) groups is 2. The predicted octanol–water partition coefficient (Wildman–Crippen LogP) is -1.76. The molecular formula is C7H9NO6S. The van der Waals surface area contributed by atoms with Gasteiger partial charge in [0.05, 0.1) is 11.2 Å². The first-order valence-electron chi connectivity index (χ1n) is 4.22. The highest BCUT2D eigenvalue weighted by atomic mass is 32.2. The Kier molecular flexibility index (Phi) is 1.73. The normalized spacial score (nSPS) is 45.8. The van der Waals surface area contributed by atoms with Crippen LogP contribution in [0.4, 0.5) is 0 Å². The maximum absolute atomic E-state index is 11.6. The lowest BCUT2D eigenvalue weighted by molar-refractivity contribution is -0.142. The van der Waals surface area contributed by atoms with Crippen LogP contribution in [0, 0.1) is 11.8 Å². The summed E-state index contributed by atoms with van der Waals surface area (Å²) in [7, 11) is -4.09. The van der Waals surface area contributed by atoms with Crippen LogP contribution in [0.3, 0.4) is 0 Å². The van der Waals surface area contributed by atoms with Crippen molar-refractivity contribution in [1.82, 2.24) is 0 Å². The van der Waals surface area contributed by atoms with Crippen molar-refractivity contribution in [2.75, 3.05) is 0 Å². The number of hydrogen-bond donors (Lipinski definition) is 3. The largest absolute Gasteiger partial charge is 0.481 e. The Morgan fingerprint density at radius 1 is 1.33 bits per heavy atom. The highest BCUT2D eigenvalue weighted by molar-refractivity contribution is 7.94. The molecule has 1 heterocycles. The van der Waals surface area contributed by atoms with Crippen molar-refractivity contribution >= 4 is 21.8 Å². The minimum absolute atomic E-state index is 0.313. The lowest BCUT2D eigenvalue weighted by atomic mass is 10.1. The average Bonchev–Trinajstić information content (AvgIpc) is 2.73. The van der Waals surface area contributed by atoms with Crippen LogP contribution in [0.2, 0.25) is 0 Å². The second kappa shape index (κ2) is 2.50. The van der Waals surface area contributed by atoms with Gasteiger partial charge in [-0.1, -0.05) is 0 Å². The molecule has 2 rings (SSSR count). The van der Waals surface area contributed by atoms with Crippen LogP contribution in [-0.2, 0) is 19.4 Å². The highest BCUT2D eigenvalue weighted by Gasteiger charge is 2.76. The number of rotatable bonds is 2. The lowest BCUT2D eigenvalue weighted by Crippen LogP contribution is -2.54. The van der Waals surface area contributed by atoms with Crippen LogP contribution in [0.5, 0.6) is 0 Å². The van der Waals surface area contributed by atoms with Crippen molar-refractivity contribution < 1.29 is 28.2 Å². The smallest absolute Gasteiger partial charge is 0.339 e. The molecule has 2 aliphatic rings. The molecule has 84 valence electrons. The first-order valence-corrected chi connectivity index (χ1v) is 5.76. The summed E-state index contributed by atoms with van der Waals surface area (Å²) >= 11 is 0. The summed E-state index contributed by atoms with van der Waals surface area (Å²) in [6, 6.07) is 0. The Labute approximate surface area is 84.8 Å². The van der Waals surface area contributed by atoms with Crippen LogP contribution >= 0.6 is 0 Å². The molecule has 0 aromatic rings. The molecule has 0 unspecified atom stereocenters. The molecule has 0 aromatic heterocycles. The van der Waals surface area contributed by atoms with Crippen LogP contribution in [0.25, 0.3) is 0 Å². The fraction of sp³-hybridized carbons (Fsp3) is 0.714. The molecule has 4 N–H and O–H groups in total. The first-order chi connectivity index (χ1) is 6.73. The molecule has 0 aromatic carbocycles. The zero-order chi connectivity index (χ0) is 11.6. The summed E-state index contributed by atoms with van der Waals surface area (Å²) in [5, 5.41) is 16.3. The monoisotopic (exact) mass is 235 g/mol. The Morgan fingerprint density at radius 2 is 1.87 bits per heavy atom. The van der Waals surface area contributed by atoms with Gasteiger partial charge in [0.1, 0.15) is 0 Å². The third kappa shape index (κ3) is 1.00. The van der Waals surface area contributed by atoms with Crippen molar-refractivity contribution in [2.45, 2.75) is 16.5 Å². The van der Waals surface area contributed by atoms with E-state index in [1.54, 1.807) is 0 Å². The van der Waals surface area contributed by atoms with Crippen LogP contribution in [0.1, 0.15) is 6.42 Å². The van der Waals surface area contributed by atoms with E-state index in [-0.39, 0.29) is 6.42 Å². The topological polar surface area (TPSA) is 135 Å². The number of nitrogens with two attached hydrogens (primary N) is 1. The molecule has 4 atom stereocenters. The van der Waals surface area contributed by atoms with Crippen molar-refractivity contribution in [3.8, 4) is 0 Å². The predicted molar refractivity (Wildman–Crippen MR) is 46.5 cm³/mol. The van der Waals surface area contributed by atoms with Crippen molar-refractivity contribution in [3.05, 3.63) is 0 Å². The van der Waals surface area contributed by atoms with Crippen LogP contribution < -0.4 is 5.73 Å². The number of carboxylic acid groups (broad SMARTS) is 2. The molecule has 0 amide bonds. The maximum Gasteiger partial charge on any atom is 0.339 e. The standard InChI is InChI=1S/C7H9NO6S/c8-7(6(11)12)1-2-3(5(9)10)4(2)15(7,13)14/h2-4H,1,8H2,(H,9,10)(H,11,12)/t2-,3-,4-,7-/m1/s1.